The van der Waals surface area contributed by atoms with Crippen LogP contribution in [0.15, 0.2) is 9.59 Å². The molecular weight excluding hydrogens is 252 g/mol. The fraction of sp³-hybridized carbons (Fsp3) is 0.692. The minimum atomic E-state index is -0.433. The van der Waals surface area contributed by atoms with Crippen molar-refractivity contribution in [2.75, 3.05) is 0 Å². The number of hydrogen-bond donors (Lipinski definition) is 1. The Kier molecular flexibility index (Phi) is 3.41. The van der Waals surface area contributed by atoms with Crippen molar-refractivity contribution in [1.29, 1.82) is 0 Å². The molecular formula is C13H19ClN2O2. The molecule has 1 aromatic heterocycles. The van der Waals surface area contributed by atoms with Gasteiger partial charge in [-0.1, -0.05) is 24.9 Å². The molecule has 5 heteroatoms. The van der Waals surface area contributed by atoms with Crippen LogP contribution in [0.25, 0.3) is 0 Å². The average molecular weight is 271 g/mol. The van der Waals surface area contributed by atoms with Crippen LogP contribution in [-0.4, -0.2) is 9.55 Å². The zero-order valence-corrected chi connectivity index (χ0v) is 11.8. The Morgan fingerprint density at radius 3 is 2.50 bits per heavy atom. The highest BCUT2D eigenvalue weighted by Gasteiger charge is 2.41. The Bertz CT molecular complexity index is 567. The molecule has 1 aliphatic carbocycles. The third-order valence-electron chi connectivity index (χ3n) is 3.80. The van der Waals surface area contributed by atoms with Gasteiger partial charge in [-0.15, -0.1) is 0 Å². The van der Waals surface area contributed by atoms with Gasteiger partial charge in [0.25, 0.3) is 5.56 Å². The largest absolute Gasteiger partial charge is 0.330 e. The number of H-pyrrole nitrogens is 1. The summed E-state index contributed by atoms with van der Waals surface area (Å²) in [7, 11) is 0. The van der Waals surface area contributed by atoms with Gasteiger partial charge in [-0.05, 0) is 39.0 Å². The van der Waals surface area contributed by atoms with Crippen LogP contribution >= 0.6 is 11.6 Å². The van der Waals surface area contributed by atoms with E-state index < -0.39 is 11.2 Å². The van der Waals surface area contributed by atoms with Crippen molar-refractivity contribution in [3.05, 3.63) is 31.6 Å². The van der Waals surface area contributed by atoms with Crippen molar-refractivity contribution < 1.29 is 0 Å². The van der Waals surface area contributed by atoms with E-state index in [0.717, 1.165) is 19.3 Å². The second-order valence-electron chi connectivity index (χ2n) is 5.54. The van der Waals surface area contributed by atoms with Gasteiger partial charge in [0, 0.05) is 5.54 Å². The average Bonchev–Trinajstić information content (AvgIpc) is 3.07. The normalized spacial score (nSPS) is 16.0. The van der Waals surface area contributed by atoms with Crippen molar-refractivity contribution in [3.63, 3.8) is 0 Å². The lowest BCUT2D eigenvalue weighted by atomic mass is 9.98. The molecule has 1 aromatic rings. The maximum absolute atomic E-state index is 12.4. The fourth-order valence-electron chi connectivity index (χ4n) is 2.51. The first-order valence-electron chi connectivity index (χ1n) is 6.43. The van der Waals surface area contributed by atoms with Gasteiger partial charge < -0.3 is 0 Å². The lowest BCUT2D eigenvalue weighted by molar-refractivity contribution is 0.281. The van der Waals surface area contributed by atoms with Crippen LogP contribution in [0.1, 0.15) is 45.6 Å². The standard InChI is InChI=1S/C13H19ClN2O2/c1-4-5-9-10(14)15-12(18)16(11(9)17)13(2,3)8-6-7-8/h8H,4-7H2,1-3H3,(H,15,18). The van der Waals surface area contributed by atoms with Gasteiger partial charge in [-0.2, -0.15) is 0 Å². The van der Waals surface area contributed by atoms with Crippen molar-refractivity contribution in [3.8, 4) is 0 Å². The molecule has 1 heterocycles. The Morgan fingerprint density at radius 1 is 1.39 bits per heavy atom. The van der Waals surface area contributed by atoms with Gasteiger partial charge in [-0.25, -0.2) is 4.79 Å². The molecule has 1 aliphatic rings. The highest BCUT2D eigenvalue weighted by atomic mass is 35.5. The predicted molar refractivity (Wildman–Crippen MR) is 72.4 cm³/mol. The molecule has 0 saturated heterocycles. The topological polar surface area (TPSA) is 54.9 Å². The van der Waals surface area contributed by atoms with E-state index in [1.807, 2.05) is 20.8 Å². The first-order valence-corrected chi connectivity index (χ1v) is 6.81. The van der Waals surface area contributed by atoms with Gasteiger partial charge in [-0.3, -0.25) is 14.3 Å². The summed E-state index contributed by atoms with van der Waals surface area (Å²) in [5, 5.41) is 0.190. The van der Waals surface area contributed by atoms with E-state index in [1.165, 1.54) is 4.57 Å². The molecule has 0 bridgehead atoms. The van der Waals surface area contributed by atoms with Crippen molar-refractivity contribution in [2.45, 2.75) is 52.0 Å². The van der Waals surface area contributed by atoms with Crippen LogP contribution in [0.3, 0.4) is 0 Å². The zero-order valence-electron chi connectivity index (χ0n) is 11.0. The maximum atomic E-state index is 12.4. The van der Waals surface area contributed by atoms with Crippen molar-refractivity contribution in [1.82, 2.24) is 9.55 Å². The maximum Gasteiger partial charge on any atom is 0.330 e. The van der Waals surface area contributed by atoms with Crippen LogP contribution < -0.4 is 11.2 Å². The molecule has 2 rings (SSSR count). The smallest absolute Gasteiger partial charge is 0.297 e. The number of aromatic amines is 1. The summed E-state index contributed by atoms with van der Waals surface area (Å²) in [6.45, 7) is 5.88. The van der Waals surface area contributed by atoms with Gasteiger partial charge in [0.15, 0.2) is 0 Å². The monoisotopic (exact) mass is 270 g/mol. The molecule has 100 valence electrons. The first kappa shape index (κ1) is 13.4. The highest BCUT2D eigenvalue weighted by molar-refractivity contribution is 6.30. The summed E-state index contributed by atoms with van der Waals surface area (Å²) in [6, 6.07) is 0. The Labute approximate surface area is 111 Å². The number of rotatable bonds is 4. The summed E-state index contributed by atoms with van der Waals surface area (Å²) in [5.74, 6) is 0.409. The van der Waals surface area contributed by atoms with E-state index in [1.54, 1.807) is 0 Å². The molecule has 0 radical (unpaired) electrons. The second kappa shape index (κ2) is 4.57. The van der Waals surface area contributed by atoms with Crippen LogP contribution in [-0.2, 0) is 12.0 Å². The first-order chi connectivity index (χ1) is 8.39. The number of hydrogen-bond acceptors (Lipinski definition) is 2. The van der Waals surface area contributed by atoms with E-state index in [-0.39, 0.29) is 10.7 Å². The summed E-state index contributed by atoms with van der Waals surface area (Å²) < 4.78 is 1.35. The van der Waals surface area contributed by atoms with Crippen LogP contribution in [0.5, 0.6) is 0 Å². The van der Waals surface area contributed by atoms with E-state index in [0.29, 0.717) is 17.9 Å². The lowest BCUT2D eigenvalue weighted by Crippen LogP contribution is -2.48. The minimum Gasteiger partial charge on any atom is -0.297 e. The number of aromatic nitrogens is 2. The lowest BCUT2D eigenvalue weighted by Gasteiger charge is -2.27. The predicted octanol–water partition coefficient (Wildman–Crippen LogP) is 2.29. The molecule has 1 N–H and O–H groups in total. The minimum absolute atomic E-state index is 0.190. The number of halogens is 1. The van der Waals surface area contributed by atoms with Gasteiger partial charge in [0.1, 0.15) is 5.15 Å². The summed E-state index contributed by atoms with van der Waals surface area (Å²) in [5.41, 5.74) is -0.547. The summed E-state index contributed by atoms with van der Waals surface area (Å²) >= 11 is 5.96. The molecule has 0 spiro atoms. The molecule has 0 aliphatic heterocycles. The molecule has 0 unspecified atom stereocenters. The van der Waals surface area contributed by atoms with Crippen LogP contribution in [0, 0.1) is 5.92 Å². The summed E-state index contributed by atoms with van der Waals surface area (Å²) in [6.07, 6.45) is 3.56. The molecule has 0 amide bonds. The second-order valence-corrected chi connectivity index (χ2v) is 5.92. The highest BCUT2D eigenvalue weighted by Crippen LogP contribution is 2.42. The SMILES string of the molecule is CCCc1c(Cl)[nH]c(=O)n(C(C)(C)C2CC2)c1=O. The molecule has 4 nitrogen and oxygen atoms in total. The van der Waals surface area contributed by atoms with E-state index in [4.69, 9.17) is 11.6 Å². The van der Waals surface area contributed by atoms with Gasteiger partial charge in [0.2, 0.25) is 0 Å². The third-order valence-corrected chi connectivity index (χ3v) is 4.12. The molecule has 1 saturated carbocycles. The Hall–Kier alpha value is -1.03. The van der Waals surface area contributed by atoms with Crippen molar-refractivity contribution >= 4 is 11.6 Å². The summed E-state index contributed by atoms with van der Waals surface area (Å²) in [4.78, 5) is 27.1. The van der Waals surface area contributed by atoms with E-state index in [9.17, 15) is 9.59 Å². The Balaban J connectivity index is 2.64. The third kappa shape index (κ3) is 2.14. The molecule has 0 aromatic carbocycles. The van der Waals surface area contributed by atoms with Crippen LogP contribution in [0.4, 0.5) is 0 Å². The zero-order chi connectivity index (χ0) is 13.5. The van der Waals surface area contributed by atoms with Gasteiger partial charge >= 0.3 is 5.69 Å². The fourth-order valence-corrected chi connectivity index (χ4v) is 2.76. The van der Waals surface area contributed by atoms with E-state index in [2.05, 4.69) is 4.98 Å². The van der Waals surface area contributed by atoms with Crippen LogP contribution in [0.2, 0.25) is 5.15 Å². The van der Waals surface area contributed by atoms with Crippen molar-refractivity contribution in [2.24, 2.45) is 5.92 Å². The molecule has 1 fully saturated rings. The quantitative estimate of drug-likeness (QED) is 0.854. The molecule has 0 atom stereocenters. The van der Waals surface area contributed by atoms with E-state index >= 15 is 0 Å². The number of nitrogens with zero attached hydrogens (tertiary/aromatic N) is 1. The van der Waals surface area contributed by atoms with Gasteiger partial charge in [0.05, 0.1) is 5.56 Å². The molecule has 18 heavy (non-hydrogen) atoms. The Morgan fingerprint density at radius 2 is 2.00 bits per heavy atom. The number of nitrogens with one attached hydrogen (secondary N) is 1.